The summed E-state index contributed by atoms with van der Waals surface area (Å²) in [5.41, 5.74) is 2.05. The maximum atomic E-state index is 14.9. The number of carbonyl (C=O) groups is 4. The first-order valence-electron chi connectivity index (χ1n) is 12.0. The van der Waals surface area contributed by atoms with Gasteiger partial charge in [0.2, 0.25) is 5.91 Å². The van der Waals surface area contributed by atoms with Crippen LogP contribution in [0.25, 0.3) is 10.9 Å². The van der Waals surface area contributed by atoms with Crippen molar-refractivity contribution in [1.29, 1.82) is 0 Å². The van der Waals surface area contributed by atoms with Gasteiger partial charge in [-0.3, -0.25) is 19.2 Å². The number of piperidine rings is 1. The zero-order valence-electron chi connectivity index (χ0n) is 20.1. The molecule has 1 saturated carbocycles. The normalized spacial score (nSPS) is 20.1. The number of fused-ring (bicyclic) bond motifs is 2. The Morgan fingerprint density at radius 3 is 2.59 bits per heavy atom. The van der Waals surface area contributed by atoms with Crippen molar-refractivity contribution < 1.29 is 28.8 Å². The molecule has 10 heteroatoms. The van der Waals surface area contributed by atoms with Crippen molar-refractivity contribution in [2.45, 2.75) is 51.4 Å². The van der Waals surface area contributed by atoms with Crippen LogP contribution in [0.15, 0.2) is 48.7 Å². The first kappa shape index (κ1) is 25.0. The van der Waals surface area contributed by atoms with Crippen LogP contribution in [0.2, 0.25) is 5.02 Å². The molecule has 5 rings (SSSR count). The number of aromatic nitrogens is 1. The van der Waals surface area contributed by atoms with Crippen LogP contribution in [0.3, 0.4) is 0 Å². The Balaban J connectivity index is 1.38. The first-order chi connectivity index (χ1) is 17.6. The fraction of sp³-hybridized carbons (Fsp3) is 0.333. The molecular formula is C27H25ClFN3O5. The van der Waals surface area contributed by atoms with E-state index in [-0.39, 0.29) is 48.3 Å². The Kier molecular flexibility index (Phi) is 6.49. The summed E-state index contributed by atoms with van der Waals surface area (Å²) in [6.07, 6.45) is 2.55. The van der Waals surface area contributed by atoms with E-state index in [4.69, 9.17) is 16.7 Å². The Morgan fingerprint density at radius 1 is 1.11 bits per heavy atom. The Hall–Kier alpha value is -3.72. The lowest BCUT2D eigenvalue weighted by molar-refractivity contribution is -0.157. The van der Waals surface area contributed by atoms with Crippen LogP contribution in [-0.2, 0) is 33.9 Å². The SMILES string of the molecule is CC(=O)c1cn(CC(=O)N2[C@@H]3C[C@@H]3C[C@H]2C(=O)N(F)Cc2cccc(Cl)c2)c2cc(CC(=O)O)ccc12. The number of amides is 2. The molecule has 1 N–H and O–H groups in total. The molecule has 2 fully saturated rings. The number of benzene rings is 2. The number of rotatable bonds is 8. The number of halogens is 2. The first-order valence-corrected chi connectivity index (χ1v) is 12.4. The number of likely N-dealkylation sites (tertiary alicyclic amines) is 1. The summed E-state index contributed by atoms with van der Waals surface area (Å²) in [4.78, 5) is 51.4. The van der Waals surface area contributed by atoms with Crippen LogP contribution in [0, 0.1) is 5.92 Å². The predicted molar refractivity (Wildman–Crippen MR) is 134 cm³/mol. The zero-order chi connectivity index (χ0) is 26.4. The minimum absolute atomic E-state index is 0.113. The van der Waals surface area contributed by atoms with E-state index in [1.807, 2.05) is 0 Å². The van der Waals surface area contributed by atoms with Crippen molar-refractivity contribution in [3.63, 3.8) is 0 Å². The summed E-state index contributed by atoms with van der Waals surface area (Å²) < 4.78 is 16.5. The molecule has 2 aliphatic rings. The lowest BCUT2D eigenvalue weighted by Crippen LogP contribution is -2.48. The molecular weight excluding hydrogens is 501 g/mol. The fourth-order valence-corrected chi connectivity index (χ4v) is 5.54. The average Bonchev–Trinajstić information content (AvgIpc) is 3.34. The molecule has 3 aromatic rings. The summed E-state index contributed by atoms with van der Waals surface area (Å²) in [5, 5.41) is 10.4. The van der Waals surface area contributed by atoms with Crippen molar-refractivity contribution in [2.24, 2.45) is 5.92 Å². The van der Waals surface area contributed by atoms with Gasteiger partial charge in [-0.1, -0.05) is 40.3 Å². The molecule has 8 nitrogen and oxygen atoms in total. The van der Waals surface area contributed by atoms with Crippen molar-refractivity contribution in [1.82, 2.24) is 14.6 Å². The highest BCUT2D eigenvalue weighted by Gasteiger charge is 2.56. The lowest BCUT2D eigenvalue weighted by atomic mass is 10.1. The van der Waals surface area contributed by atoms with Gasteiger partial charge in [-0.2, -0.15) is 5.12 Å². The van der Waals surface area contributed by atoms with Crippen LogP contribution in [0.5, 0.6) is 0 Å². The monoisotopic (exact) mass is 525 g/mol. The van der Waals surface area contributed by atoms with Crippen LogP contribution in [0.4, 0.5) is 4.48 Å². The number of aliphatic carboxylic acids is 1. The van der Waals surface area contributed by atoms with Crippen molar-refractivity contribution in [2.75, 3.05) is 0 Å². The van der Waals surface area contributed by atoms with Crippen LogP contribution in [0.1, 0.15) is 41.3 Å². The second-order valence-corrected chi connectivity index (χ2v) is 10.2. The minimum Gasteiger partial charge on any atom is -0.481 e. The number of carboxylic acids is 1. The molecule has 0 bridgehead atoms. The molecule has 1 saturated heterocycles. The third-order valence-corrected chi connectivity index (χ3v) is 7.35. The third kappa shape index (κ3) is 4.96. The molecule has 2 heterocycles. The average molecular weight is 526 g/mol. The van der Waals surface area contributed by atoms with Crippen LogP contribution >= 0.6 is 11.6 Å². The molecule has 1 aliphatic heterocycles. The molecule has 192 valence electrons. The summed E-state index contributed by atoms with van der Waals surface area (Å²) in [6.45, 7) is 0.990. The van der Waals surface area contributed by atoms with E-state index in [9.17, 15) is 23.7 Å². The summed E-state index contributed by atoms with van der Waals surface area (Å²) in [6, 6.07) is 10.6. The third-order valence-electron chi connectivity index (χ3n) is 7.11. The molecule has 0 spiro atoms. The molecule has 0 unspecified atom stereocenters. The number of carboxylic acid groups (broad SMARTS) is 1. The topological polar surface area (TPSA) is 99.9 Å². The predicted octanol–water partition coefficient (Wildman–Crippen LogP) is 4.03. The van der Waals surface area contributed by atoms with Gasteiger partial charge in [-0.15, -0.1) is 0 Å². The fourth-order valence-electron chi connectivity index (χ4n) is 5.33. The maximum absolute atomic E-state index is 14.9. The number of hydrogen-bond donors (Lipinski definition) is 1. The Labute approximate surface area is 217 Å². The van der Waals surface area contributed by atoms with Crippen LogP contribution < -0.4 is 0 Å². The summed E-state index contributed by atoms with van der Waals surface area (Å²) in [5.74, 6) is -2.14. The molecule has 1 aliphatic carbocycles. The minimum atomic E-state index is -0.993. The van der Waals surface area contributed by atoms with Gasteiger partial charge in [0.05, 0.1) is 13.0 Å². The van der Waals surface area contributed by atoms with Gasteiger partial charge >= 0.3 is 5.97 Å². The smallest absolute Gasteiger partial charge is 0.307 e. The Bertz CT molecular complexity index is 1440. The van der Waals surface area contributed by atoms with E-state index >= 15 is 0 Å². The molecule has 2 aromatic carbocycles. The van der Waals surface area contributed by atoms with Gasteiger partial charge in [-0.25, -0.2) is 0 Å². The van der Waals surface area contributed by atoms with Gasteiger partial charge in [0.25, 0.3) is 5.91 Å². The quantitative estimate of drug-likeness (QED) is 0.353. The van der Waals surface area contributed by atoms with Crippen molar-refractivity contribution >= 4 is 46.1 Å². The number of hydrogen-bond acceptors (Lipinski definition) is 4. The van der Waals surface area contributed by atoms with E-state index in [1.165, 1.54) is 11.8 Å². The highest BCUT2D eigenvalue weighted by Crippen LogP contribution is 2.48. The molecule has 0 radical (unpaired) electrons. The standard InChI is InChI=1S/C27H25ClFN3O5/c1-15(33)21-13-30(23-8-16(9-26(35)36)5-6-20(21)23)14-25(34)32-22-10-18(22)11-24(32)27(37)31(29)12-17-3-2-4-19(28)7-17/h2-8,13,18,22,24H,9-12,14H2,1H3,(H,35,36)/t18-,22-,24+/m1/s1. The highest BCUT2D eigenvalue weighted by atomic mass is 35.5. The number of Topliss-reactive ketones (excluding diaryl/α,β-unsaturated/α-hetero) is 1. The molecule has 37 heavy (non-hydrogen) atoms. The van der Waals surface area contributed by atoms with Gasteiger partial charge in [-0.05, 0) is 55.0 Å². The van der Waals surface area contributed by atoms with Gasteiger partial charge < -0.3 is 14.6 Å². The molecule has 1 aromatic heterocycles. The van der Waals surface area contributed by atoms with Gasteiger partial charge in [0, 0.05) is 33.7 Å². The van der Waals surface area contributed by atoms with E-state index < -0.39 is 17.9 Å². The number of nitrogens with zero attached hydrogens (tertiary/aromatic N) is 3. The second-order valence-electron chi connectivity index (χ2n) is 9.75. The van der Waals surface area contributed by atoms with E-state index in [0.29, 0.717) is 39.0 Å². The van der Waals surface area contributed by atoms with E-state index in [2.05, 4.69) is 0 Å². The maximum Gasteiger partial charge on any atom is 0.307 e. The van der Waals surface area contributed by atoms with Gasteiger partial charge in [0.1, 0.15) is 12.6 Å². The van der Waals surface area contributed by atoms with Crippen molar-refractivity contribution in [3.8, 4) is 0 Å². The molecule has 3 atom stereocenters. The van der Waals surface area contributed by atoms with E-state index in [0.717, 1.165) is 6.42 Å². The van der Waals surface area contributed by atoms with E-state index in [1.54, 1.807) is 53.2 Å². The number of carbonyl (C=O) groups excluding carboxylic acids is 3. The zero-order valence-corrected chi connectivity index (χ0v) is 20.8. The second kappa shape index (κ2) is 9.63. The Morgan fingerprint density at radius 2 is 1.89 bits per heavy atom. The van der Waals surface area contributed by atoms with Crippen molar-refractivity contribution in [3.05, 3.63) is 70.4 Å². The molecule has 2 amide bonds. The summed E-state index contributed by atoms with van der Waals surface area (Å²) in [7, 11) is 0. The van der Waals surface area contributed by atoms with Crippen LogP contribution in [-0.4, -0.2) is 55.3 Å². The summed E-state index contributed by atoms with van der Waals surface area (Å²) >= 11 is 5.97. The number of ketones is 1. The lowest BCUT2D eigenvalue weighted by Gasteiger charge is -2.28. The van der Waals surface area contributed by atoms with Gasteiger partial charge in [0.15, 0.2) is 5.78 Å². The highest BCUT2D eigenvalue weighted by molar-refractivity contribution is 6.30. The largest absolute Gasteiger partial charge is 0.481 e.